The van der Waals surface area contributed by atoms with Crippen molar-refractivity contribution in [3.8, 4) is 17.2 Å². The number of carbonyl (C=O) groups is 1. The molecule has 1 amide bonds. The SMILES string of the molecule is COc1ccc(OC)c(COc2cc(NC(=O)c3ccccc3C)ccc2NS(C)(=O)=O)c1. The van der Waals surface area contributed by atoms with E-state index >= 15 is 0 Å². The summed E-state index contributed by atoms with van der Waals surface area (Å²) in [5.41, 5.74) is 2.78. The highest BCUT2D eigenvalue weighted by molar-refractivity contribution is 7.92. The van der Waals surface area contributed by atoms with Crippen molar-refractivity contribution in [2.75, 3.05) is 30.5 Å². The Kier molecular flexibility index (Phi) is 7.44. The van der Waals surface area contributed by atoms with Crippen LogP contribution in [0.4, 0.5) is 11.4 Å². The van der Waals surface area contributed by atoms with E-state index in [0.717, 1.165) is 11.8 Å². The molecule has 0 radical (unpaired) electrons. The number of benzene rings is 3. The van der Waals surface area contributed by atoms with Crippen molar-refractivity contribution in [3.63, 3.8) is 0 Å². The topological polar surface area (TPSA) is 103 Å². The molecule has 3 aromatic rings. The Morgan fingerprint density at radius 2 is 1.70 bits per heavy atom. The van der Waals surface area contributed by atoms with Crippen molar-refractivity contribution >= 4 is 27.3 Å². The molecule has 8 nitrogen and oxygen atoms in total. The van der Waals surface area contributed by atoms with E-state index < -0.39 is 10.0 Å². The van der Waals surface area contributed by atoms with Gasteiger partial charge in [0.15, 0.2) is 0 Å². The summed E-state index contributed by atoms with van der Waals surface area (Å²) in [4.78, 5) is 12.7. The van der Waals surface area contributed by atoms with Gasteiger partial charge in [0.05, 0.1) is 26.2 Å². The monoisotopic (exact) mass is 470 g/mol. The van der Waals surface area contributed by atoms with Crippen LogP contribution in [-0.4, -0.2) is 34.8 Å². The second kappa shape index (κ2) is 10.3. The smallest absolute Gasteiger partial charge is 0.255 e. The van der Waals surface area contributed by atoms with Crippen molar-refractivity contribution in [3.05, 3.63) is 77.4 Å². The number of amides is 1. The summed E-state index contributed by atoms with van der Waals surface area (Å²) in [6, 6.07) is 17.2. The average Bonchev–Trinajstić information content (AvgIpc) is 2.78. The van der Waals surface area contributed by atoms with Gasteiger partial charge in [0, 0.05) is 22.9 Å². The van der Waals surface area contributed by atoms with Gasteiger partial charge in [0.2, 0.25) is 10.0 Å². The van der Waals surface area contributed by atoms with Gasteiger partial charge in [0.25, 0.3) is 5.91 Å². The lowest BCUT2D eigenvalue weighted by Crippen LogP contribution is -2.14. The third-order valence-corrected chi connectivity index (χ3v) is 5.39. The molecule has 3 rings (SSSR count). The Bertz CT molecular complexity index is 1260. The van der Waals surface area contributed by atoms with E-state index in [4.69, 9.17) is 14.2 Å². The third kappa shape index (κ3) is 6.39. The number of methoxy groups -OCH3 is 2. The fourth-order valence-electron chi connectivity index (χ4n) is 3.18. The minimum atomic E-state index is -3.55. The summed E-state index contributed by atoms with van der Waals surface area (Å²) < 4.78 is 42.7. The summed E-state index contributed by atoms with van der Waals surface area (Å²) in [5.74, 6) is 1.19. The molecule has 0 saturated carbocycles. The molecule has 0 aliphatic carbocycles. The lowest BCUT2D eigenvalue weighted by Gasteiger charge is -2.16. The summed E-state index contributed by atoms with van der Waals surface area (Å²) in [7, 11) is -0.451. The van der Waals surface area contributed by atoms with Crippen molar-refractivity contribution in [2.45, 2.75) is 13.5 Å². The average molecular weight is 471 g/mol. The highest BCUT2D eigenvalue weighted by atomic mass is 32.2. The number of aryl methyl sites for hydroxylation is 1. The molecule has 174 valence electrons. The molecule has 2 N–H and O–H groups in total. The zero-order chi connectivity index (χ0) is 24.0. The van der Waals surface area contributed by atoms with Gasteiger partial charge in [-0.25, -0.2) is 8.42 Å². The molecule has 0 saturated heterocycles. The van der Waals surface area contributed by atoms with Crippen molar-refractivity contribution < 1.29 is 27.4 Å². The van der Waals surface area contributed by atoms with Crippen LogP contribution in [-0.2, 0) is 16.6 Å². The molecule has 3 aromatic carbocycles. The summed E-state index contributed by atoms with van der Waals surface area (Å²) in [6.07, 6.45) is 1.05. The number of hydrogen-bond acceptors (Lipinski definition) is 6. The molecule has 0 aliphatic rings. The van der Waals surface area contributed by atoms with Crippen LogP contribution in [0.2, 0.25) is 0 Å². The van der Waals surface area contributed by atoms with Crippen LogP contribution in [0.3, 0.4) is 0 Å². The Hall–Kier alpha value is -3.72. The molecular weight excluding hydrogens is 444 g/mol. The first-order chi connectivity index (χ1) is 15.7. The third-order valence-electron chi connectivity index (χ3n) is 4.80. The van der Waals surface area contributed by atoms with Gasteiger partial charge in [-0.2, -0.15) is 0 Å². The lowest BCUT2D eigenvalue weighted by atomic mass is 10.1. The molecule has 0 unspecified atom stereocenters. The van der Waals surface area contributed by atoms with E-state index in [0.29, 0.717) is 28.3 Å². The number of sulfonamides is 1. The number of carbonyl (C=O) groups excluding carboxylic acids is 1. The highest BCUT2D eigenvalue weighted by Crippen LogP contribution is 2.32. The Balaban J connectivity index is 1.89. The molecular formula is C24H26N2O6S. The van der Waals surface area contributed by atoms with Gasteiger partial charge in [0.1, 0.15) is 23.9 Å². The van der Waals surface area contributed by atoms with Gasteiger partial charge in [-0.15, -0.1) is 0 Å². The van der Waals surface area contributed by atoms with E-state index in [-0.39, 0.29) is 24.0 Å². The highest BCUT2D eigenvalue weighted by Gasteiger charge is 2.14. The van der Waals surface area contributed by atoms with Crippen LogP contribution in [0.15, 0.2) is 60.7 Å². The normalized spacial score (nSPS) is 10.9. The minimum absolute atomic E-state index is 0.0774. The van der Waals surface area contributed by atoms with Crippen molar-refractivity contribution in [2.24, 2.45) is 0 Å². The standard InChI is InChI=1S/C24H26N2O6S/c1-16-7-5-6-8-20(16)24(27)25-18-9-11-21(26-33(4,28)29)23(14-18)32-15-17-13-19(30-2)10-12-22(17)31-3/h5-14,26H,15H2,1-4H3,(H,25,27). The van der Waals surface area contributed by atoms with Crippen molar-refractivity contribution in [1.82, 2.24) is 0 Å². The van der Waals surface area contributed by atoms with Gasteiger partial charge < -0.3 is 19.5 Å². The fourth-order valence-corrected chi connectivity index (χ4v) is 3.75. The molecule has 0 bridgehead atoms. The van der Waals surface area contributed by atoms with Gasteiger partial charge in [-0.3, -0.25) is 9.52 Å². The summed E-state index contributed by atoms with van der Waals surface area (Å²) in [5, 5.41) is 2.83. The van der Waals surface area contributed by atoms with Crippen LogP contribution < -0.4 is 24.2 Å². The Morgan fingerprint density at radius 3 is 2.36 bits per heavy atom. The van der Waals surface area contributed by atoms with Gasteiger partial charge in [-0.05, 0) is 48.9 Å². The molecule has 0 spiro atoms. The van der Waals surface area contributed by atoms with Crippen LogP contribution in [0.5, 0.6) is 17.2 Å². The molecule has 9 heteroatoms. The Morgan fingerprint density at radius 1 is 0.939 bits per heavy atom. The number of ether oxygens (including phenoxy) is 3. The van der Waals surface area contributed by atoms with Crippen LogP contribution in [0, 0.1) is 6.92 Å². The largest absolute Gasteiger partial charge is 0.497 e. The van der Waals surface area contributed by atoms with Crippen LogP contribution in [0.25, 0.3) is 0 Å². The molecule has 33 heavy (non-hydrogen) atoms. The Labute approximate surface area is 193 Å². The first-order valence-electron chi connectivity index (χ1n) is 10.0. The second-order valence-corrected chi connectivity index (χ2v) is 9.07. The maximum Gasteiger partial charge on any atom is 0.255 e. The predicted octanol–water partition coefficient (Wildman–Crippen LogP) is 4.22. The van der Waals surface area contributed by atoms with Gasteiger partial charge in [-0.1, -0.05) is 18.2 Å². The van der Waals surface area contributed by atoms with Gasteiger partial charge >= 0.3 is 0 Å². The molecule has 0 atom stereocenters. The number of nitrogens with one attached hydrogen (secondary N) is 2. The molecule has 0 aromatic heterocycles. The zero-order valence-corrected chi connectivity index (χ0v) is 19.7. The van der Waals surface area contributed by atoms with E-state index in [1.165, 1.54) is 6.07 Å². The molecule has 0 heterocycles. The van der Waals surface area contributed by atoms with Crippen molar-refractivity contribution in [1.29, 1.82) is 0 Å². The fraction of sp³-hybridized carbons (Fsp3) is 0.208. The number of rotatable bonds is 9. The lowest BCUT2D eigenvalue weighted by molar-refractivity contribution is 0.102. The maximum absolute atomic E-state index is 12.7. The number of hydrogen-bond donors (Lipinski definition) is 2. The van der Waals surface area contributed by atoms with Crippen LogP contribution >= 0.6 is 0 Å². The second-order valence-electron chi connectivity index (χ2n) is 7.32. The first-order valence-corrected chi connectivity index (χ1v) is 11.9. The number of anilines is 2. The molecule has 0 aliphatic heterocycles. The first kappa shape index (κ1) is 23.9. The summed E-state index contributed by atoms with van der Waals surface area (Å²) >= 11 is 0. The quantitative estimate of drug-likeness (QED) is 0.486. The van der Waals surface area contributed by atoms with Crippen LogP contribution in [0.1, 0.15) is 21.5 Å². The predicted molar refractivity (Wildman–Crippen MR) is 128 cm³/mol. The maximum atomic E-state index is 12.7. The summed E-state index contributed by atoms with van der Waals surface area (Å²) in [6.45, 7) is 1.93. The van der Waals surface area contributed by atoms with E-state index in [1.807, 2.05) is 19.1 Å². The minimum Gasteiger partial charge on any atom is -0.497 e. The van der Waals surface area contributed by atoms with E-state index in [2.05, 4.69) is 10.0 Å². The molecule has 0 fully saturated rings. The van der Waals surface area contributed by atoms with E-state index in [1.54, 1.807) is 56.7 Å². The zero-order valence-electron chi connectivity index (χ0n) is 18.8. The van der Waals surface area contributed by atoms with E-state index in [9.17, 15) is 13.2 Å².